The lowest BCUT2D eigenvalue weighted by Gasteiger charge is -2.31. The molecule has 1 saturated heterocycles. The Morgan fingerprint density at radius 2 is 2.04 bits per heavy atom. The molecular weight excluding hydrogens is 434 g/mol. The molecule has 1 aromatic rings. The lowest BCUT2D eigenvalue weighted by Crippen LogP contribution is -2.42. The molecule has 1 heterocycles. The second-order valence-electron chi connectivity index (χ2n) is 6.32. The van der Waals surface area contributed by atoms with E-state index in [9.17, 15) is 9.18 Å². The number of piperidine rings is 1. The Bertz CT molecular complexity index is 565. The fraction of sp³-hybridized carbons (Fsp3) is 0.556. The Labute approximate surface area is 166 Å². The molecule has 7 heteroatoms. The van der Waals surface area contributed by atoms with Gasteiger partial charge in [0.05, 0.1) is 0 Å². The number of guanidine groups is 1. The van der Waals surface area contributed by atoms with Gasteiger partial charge in [-0.05, 0) is 36.5 Å². The van der Waals surface area contributed by atoms with Crippen LogP contribution in [0.15, 0.2) is 29.3 Å². The van der Waals surface area contributed by atoms with E-state index in [1.165, 1.54) is 18.6 Å². The molecule has 0 bridgehead atoms. The van der Waals surface area contributed by atoms with Crippen molar-refractivity contribution in [1.29, 1.82) is 0 Å². The third kappa shape index (κ3) is 7.58. The second kappa shape index (κ2) is 11.3. The molecule has 25 heavy (non-hydrogen) atoms. The van der Waals surface area contributed by atoms with Crippen molar-refractivity contribution in [3.05, 3.63) is 35.6 Å². The maximum Gasteiger partial charge on any atom is 0.224 e. The zero-order chi connectivity index (χ0) is 17.4. The summed E-state index contributed by atoms with van der Waals surface area (Å²) in [5.41, 5.74) is 0.970. The van der Waals surface area contributed by atoms with Gasteiger partial charge >= 0.3 is 0 Å². The number of hydrogen-bond acceptors (Lipinski definition) is 2. The average molecular weight is 462 g/mol. The van der Waals surface area contributed by atoms with E-state index < -0.39 is 0 Å². The summed E-state index contributed by atoms with van der Waals surface area (Å²) < 4.78 is 12.9. The van der Waals surface area contributed by atoms with E-state index in [2.05, 4.69) is 22.5 Å². The number of aliphatic imine (C=N–C) groups is 1. The summed E-state index contributed by atoms with van der Waals surface area (Å²) >= 11 is 0. The number of hydrogen-bond donors (Lipinski definition) is 2. The second-order valence-corrected chi connectivity index (χ2v) is 6.32. The number of nitrogens with zero attached hydrogens (tertiary/aromatic N) is 2. The van der Waals surface area contributed by atoms with Crippen LogP contribution in [0.25, 0.3) is 0 Å². The minimum absolute atomic E-state index is 0. The number of halogens is 2. The molecule has 2 rings (SSSR count). The van der Waals surface area contributed by atoms with Crippen LogP contribution in [0.3, 0.4) is 0 Å². The van der Waals surface area contributed by atoms with Crippen LogP contribution in [-0.2, 0) is 11.3 Å². The monoisotopic (exact) mass is 462 g/mol. The molecule has 0 radical (unpaired) electrons. The van der Waals surface area contributed by atoms with Crippen molar-refractivity contribution in [2.75, 3.05) is 26.7 Å². The Morgan fingerprint density at radius 1 is 1.32 bits per heavy atom. The number of nitrogens with one attached hydrogen (secondary N) is 2. The predicted molar refractivity (Wildman–Crippen MR) is 110 cm³/mol. The Balaban J connectivity index is 0.00000312. The topological polar surface area (TPSA) is 56.7 Å². The number of carbonyl (C=O) groups is 1. The smallest absolute Gasteiger partial charge is 0.224 e. The van der Waals surface area contributed by atoms with Crippen molar-refractivity contribution in [3.63, 3.8) is 0 Å². The van der Waals surface area contributed by atoms with E-state index in [0.717, 1.165) is 25.1 Å². The molecule has 1 unspecified atom stereocenters. The molecule has 1 fully saturated rings. The highest BCUT2D eigenvalue weighted by Crippen LogP contribution is 2.15. The van der Waals surface area contributed by atoms with E-state index in [4.69, 9.17) is 0 Å². The summed E-state index contributed by atoms with van der Waals surface area (Å²) in [5.74, 6) is 1.19. The van der Waals surface area contributed by atoms with E-state index in [-0.39, 0.29) is 35.7 Å². The lowest BCUT2D eigenvalue weighted by molar-refractivity contribution is -0.132. The summed E-state index contributed by atoms with van der Waals surface area (Å²) in [6.07, 6.45) is 2.77. The number of benzene rings is 1. The number of carbonyl (C=O) groups excluding carboxylic acids is 1. The normalized spacial score (nSPS) is 17.6. The van der Waals surface area contributed by atoms with Crippen molar-refractivity contribution in [2.45, 2.75) is 32.7 Å². The average Bonchev–Trinajstić information content (AvgIpc) is 2.59. The van der Waals surface area contributed by atoms with Crippen LogP contribution in [-0.4, -0.2) is 43.4 Å². The van der Waals surface area contributed by atoms with Gasteiger partial charge in [-0.25, -0.2) is 4.39 Å². The van der Waals surface area contributed by atoms with Crippen molar-refractivity contribution in [3.8, 4) is 0 Å². The van der Waals surface area contributed by atoms with Gasteiger partial charge in [0.2, 0.25) is 5.91 Å². The van der Waals surface area contributed by atoms with E-state index in [1.54, 1.807) is 19.2 Å². The maximum atomic E-state index is 12.9. The molecule has 0 aliphatic carbocycles. The standard InChI is InChI=1S/C18H27FN4O.HI/c1-14-4-3-11-23(13-14)17(24)9-10-21-18(20-2)22-12-15-5-7-16(19)8-6-15;/h5-8,14H,3-4,9-13H2,1-2H3,(H2,20,21,22);1H. The molecule has 1 aromatic carbocycles. The Hall–Kier alpha value is -1.38. The van der Waals surface area contributed by atoms with E-state index in [0.29, 0.717) is 31.4 Å². The molecule has 1 atom stereocenters. The van der Waals surface area contributed by atoms with Gasteiger partial charge in [-0.15, -0.1) is 24.0 Å². The van der Waals surface area contributed by atoms with Crippen LogP contribution in [0.4, 0.5) is 4.39 Å². The molecule has 1 amide bonds. The molecule has 0 spiro atoms. The maximum absolute atomic E-state index is 12.9. The zero-order valence-electron chi connectivity index (χ0n) is 14.9. The van der Waals surface area contributed by atoms with Crippen molar-refractivity contribution in [2.24, 2.45) is 10.9 Å². The molecule has 1 aliphatic rings. The first kappa shape index (κ1) is 21.7. The highest BCUT2D eigenvalue weighted by atomic mass is 127. The van der Waals surface area contributed by atoms with Crippen LogP contribution in [0.1, 0.15) is 31.7 Å². The summed E-state index contributed by atoms with van der Waals surface area (Å²) in [7, 11) is 1.69. The van der Waals surface area contributed by atoms with Gasteiger partial charge in [-0.3, -0.25) is 9.79 Å². The van der Waals surface area contributed by atoms with Crippen LogP contribution in [0.2, 0.25) is 0 Å². The summed E-state index contributed by atoms with van der Waals surface area (Å²) in [6, 6.07) is 6.34. The number of rotatable bonds is 5. The predicted octanol–water partition coefficient (Wildman–Crippen LogP) is 2.76. The first-order chi connectivity index (χ1) is 11.6. The van der Waals surface area contributed by atoms with Crippen LogP contribution in [0.5, 0.6) is 0 Å². The molecular formula is C18H28FIN4O. The Kier molecular flexibility index (Phi) is 9.77. The van der Waals surface area contributed by atoms with E-state index >= 15 is 0 Å². The molecule has 0 saturated carbocycles. The first-order valence-corrected chi connectivity index (χ1v) is 8.55. The number of likely N-dealkylation sites (tertiary alicyclic amines) is 1. The molecule has 5 nitrogen and oxygen atoms in total. The van der Waals surface area contributed by atoms with Gasteiger partial charge in [-0.2, -0.15) is 0 Å². The lowest BCUT2D eigenvalue weighted by atomic mass is 10.00. The molecule has 1 aliphatic heterocycles. The number of amides is 1. The van der Waals surface area contributed by atoms with Crippen LogP contribution < -0.4 is 10.6 Å². The largest absolute Gasteiger partial charge is 0.356 e. The fourth-order valence-corrected chi connectivity index (χ4v) is 2.87. The van der Waals surface area contributed by atoms with Crippen molar-refractivity contribution >= 4 is 35.8 Å². The summed E-state index contributed by atoms with van der Waals surface area (Å²) in [5, 5.41) is 6.31. The van der Waals surface area contributed by atoms with E-state index in [1.807, 2.05) is 4.90 Å². The first-order valence-electron chi connectivity index (χ1n) is 8.55. The van der Waals surface area contributed by atoms with Crippen LogP contribution in [0, 0.1) is 11.7 Å². The molecule has 0 aromatic heterocycles. The quantitative estimate of drug-likeness (QED) is 0.402. The minimum Gasteiger partial charge on any atom is -0.356 e. The minimum atomic E-state index is -0.244. The highest BCUT2D eigenvalue weighted by Gasteiger charge is 2.20. The molecule has 140 valence electrons. The van der Waals surface area contributed by atoms with Gasteiger partial charge in [0.15, 0.2) is 5.96 Å². The zero-order valence-corrected chi connectivity index (χ0v) is 17.3. The van der Waals surface area contributed by atoms with Gasteiger partial charge < -0.3 is 15.5 Å². The van der Waals surface area contributed by atoms with Gasteiger partial charge in [0.25, 0.3) is 0 Å². The van der Waals surface area contributed by atoms with Crippen LogP contribution >= 0.6 is 24.0 Å². The SMILES string of the molecule is CN=C(NCCC(=O)N1CCCC(C)C1)NCc1ccc(F)cc1.I. The fourth-order valence-electron chi connectivity index (χ4n) is 2.87. The van der Waals surface area contributed by atoms with Crippen molar-refractivity contribution < 1.29 is 9.18 Å². The van der Waals surface area contributed by atoms with Gasteiger partial charge in [0, 0.05) is 39.6 Å². The third-order valence-electron chi connectivity index (χ3n) is 4.24. The summed E-state index contributed by atoms with van der Waals surface area (Å²) in [4.78, 5) is 18.3. The molecule has 2 N–H and O–H groups in total. The highest BCUT2D eigenvalue weighted by molar-refractivity contribution is 14.0. The van der Waals surface area contributed by atoms with Gasteiger partial charge in [0.1, 0.15) is 5.82 Å². The van der Waals surface area contributed by atoms with Gasteiger partial charge in [-0.1, -0.05) is 19.1 Å². The Morgan fingerprint density at radius 3 is 2.68 bits per heavy atom. The third-order valence-corrected chi connectivity index (χ3v) is 4.24. The van der Waals surface area contributed by atoms with Crippen molar-refractivity contribution in [1.82, 2.24) is 15.5 Å². The summed E-state index contributed by atoms with van der Waals surface area (Å²) in [6.45, 7) is 5.04.